The van der Waals surface area contributed by atoms with E-state index in [0.29, 0.717) is 21.7 Å². The van der Waals surface area contributed by atoms with Crippen LogP contribution < -0.4 is 0 Å². The van der Waals surface area contributed by atoms with Gasteiger partial charge in [0.05, 0.1) is 16.6 Å². The van der Waals surface area contributed by atoms with Gasteiger partial charge in [0.1, 0.15) is 5.82 Å². The highest BCUT2D eigenvalue weighted by molar-refractivity contribution is 9.10. The highest BCUT2D eigenvalue weighted by Gasteiger charge is 2.12. The van der Waals surface area contributed by atoms with Crippen molar-refractivity contribution in [3.63, 3.8) is 0 Å². The van der Waals surface area contributed by atoms with Crippen LogP contribution in [0.15, 0.2) is 50.8 Å². The summed E-state index contributed by atoms with van der Waals surface area (Å²) in [5.41, 5.74) is 0.411. The van der Waals surface area contributed by atoms with Gasteiger partial charge in [0.15, 0.2) is 5.76 Å². The molecule has 5 heteroatoms. The predicted molar refractivity (Wildman–Crippen MR) is 72.9 cm³/mol. The largest absolute Gasteiger partial charge is 0.435 e. The van der Waals surface area contributed by atoms with Gasteiger partial charge in [-0.25, -0.2) is 9.37 Å². The monoisotopic (exact) mass is 323 g/mol. The SMILES string of the molecule is Fc1cc(Br)ccc1-c1cnc(-c2cccs2)o1. The fourth-order valence-electron chi connectivity index (χ4n) is 1.60. The van der Waals surface area contributed by atoms with Crippen LogP contribution in [0.4, 0.5) is 4.39 Å². The van der Waals surface area contributed by atoms with E-state index >= 15 is 0 Å². The lowest BCUT2D eigenvalue weighted by Gasteiger charge is -1.99. The molecule has 0 saturated heterocycles. The number of hydrogen-bond acceptors (Lipinski definition) is 3. The first kappa shape index (κ1) is 11.6. The molecule has 0 aliphatic rings. The van der Waals surface area contributed by atoms with Crippen molar-refractivity contribution in [3.05, 3.63) is 52.2 Å². The fraction of sp³-hybridized carbons (Fsp3) is 0. The maximum absolute atomic E-state index is 13.8. The van der Waals surface area contributed by atoms with E-state index < -0.39 is 0 Å². The second kappa shape index (κ2) is 4.66. The average molecular weight is 324 g/mol. The molecule has 2 heterocycles. The summed E-state index contributed by atoms with van der Waals surface area (Å²) in [6, 6.07) is 8.68. The maximum Gasteiger partial charge on any atom is 0.236 e. The Hall–Kier alpha value is -1.46. The van der Waals surface area contributed by atoms with E-state index in [1.807, 2.05) is 17.5 Å². The summed E-state index contributed by atoms with van der Waals surface area (Å²) in [5, 5.41) is 1.94. The number of halogens is 2. The van der Waals surface area contributed by atoms with Crippen molar-refractivity contribution in [2.24, 2.45) is 0 Å². The Bertz CT molecular complexity index is 678. The molecular weight excluding hydrogens is 317 g/mol. The summed E-state index contributed by atoms with van der Waals surface area (Å²) in [6.07, 6.45) is 1.54. The standard InChI is InChI=1S/C13H7BrFNOS/c14-8-3-4-9(10(15)6-8)11-7-16-13(17-11)12-2-1-5-18-12/h1-7H. The molecule has 0 unspecified atom stereocenters. The van der Waals surface area contributed by atoms with Crippen LogP contribution in [0.3, 0.4) is 0 Å². The molecular formula is C13H7BrFNOS. The third kappa shape index (κ3) is 2.11. The van der Waals surface area contributed by atoms with Crippen molar-refractivity contribution in [2.75, 3.05) is 0 Å². The molecule has 0 aliphatic heterocycles. The van der Waals surface area contributed by atoms with Gasteiger partial charge < -0.3 is 4.42 Å². The Kier molecular flexibility index (Phi) is 3.01. The van der Waals surface area contributed by atoms with Gasteiger partial charge in [0.2, 0.25) is 5.89 Å². The topological polar surface area (TPSA) is 26.0 Å². The van der Waals surface area contributed by atoms with Gasteiger partial charge in [0, 0.05) is 4.47 Å². The molecule has 3 aromatic rings. The van der Waals surface area contributed by atoms with Gasteiger partial charge in [-0.2, -0.15) is 0 Å². The lowest BCUT2D eigenvalue weighted by molar-refractivity contribution is 0.576. The minimum Gasteiger partial charge on any atom is -0.435 e. The molecule has 0 bridgehead atoms. The summed E-state index contributed by atoms with van der Waals surface area (Å²) >= 11 is 4.75. The van der Waals surface area contributed by atoms with Crippen LogP contribution in [0.25, 0.3) is 22.1 Å². The predicted octanol–water partition coefficient (Wildman–Crippen LogP) is 4.97. The Morgan fingerprint density at radius 2 is 2.17 bits per heavy atom. The van der Waals surface area contributed by atoms with Crippen molar-refractivity contribution in [1.82, 2.24) is 4.98 Å². The molecule has 18 heavy (non-hydrogen) atoms. The van der Waals surface area contributed by atoms with Crippen molar-refractivity contribution in [3.8, 4) is 22.1 Å². The normalized spacial score (nSPS) is 10.8. The van der Waals surface area contributed by atoms with Crippen LogP contribution in [-0.4, -0.2) is 4.98 Å². The van der Waals surface area contributed by atoms with Gasteiger partial charge in [0.25, 0.3) is 0 Å². The number of aromatic nitrogens is 1. The van der Waals surface area contributed by atoms with Crippen LogP contribution in [0, 0.1) is 5.82 Å². The Balaban J connectivity index is 2.03. The number of benzene rings is 1. The molecule has 0 atom stereocenters. The molecule has 1 aromatic carbocycles. The number of nitrogens with zero attached hydrogens (tertiary/aromatic N) is 1. The molecule has 0 radical (unpaired) electrons. The average Bonchev–Trinajstić information content (AvgIpc) is 2.99. The second-order valence-corrected chi connectivity index (χ2v) is 5.49. The first-order valence-corrected chi connectivity index (χ1v) is 6.86. The number of oxazole rings is 1. The van der Waals surface area contributed by atoms with E-state index in [-0.39, 0.29) is 5.82 Å². The minimum absolute atomic E-state index is 0.335. The van der Waals surface area contributed by atoms with Crippen LogP contribution in [0.5, 0.6) is 0 Å². The van der Waals surface area contributed by atoms with Crippen LogP contribution >= 0.6 is 27.3 Å². The summed E-state index contributed by atoms with van der Waals surface area (Å²) in [7, 11) is 0. The number of thiophene rings is 1. The van der Waals surface area contributed by atoms with Gasteiger partial charge in [-0.05, 0) is 29.6 Å². The highest BCUT2D eigenvalue weighted by atomic mass is 79.9. The van der Waals surface area contributed by atoms with Crippen LogP contribution in [0.1, 0.15) is 0 Å². The lowest BCUT2D eigenvalue weighted by Crippen LogP contribution is -1.81. The van der Waals surface area contributed by atoms with Gasteiger partial charge in [-0.3, -0.25) is 0 Å². The Labute approximate surface area is 115 Å². The van der Waals surface area contributed by atoms with Crippen molar-refractivity contribution in [2.45, 2.75) is 0 Å². The van der Waals surface area contributed by atoms with E-state index in [1.165, 1.54) is 17.4 Å². The molecule has 3 rings (SSSR count). The Morgan fingerprint density at radius 1 is 1.28 bits per heavy atom. The van der Waals surface area contributed by atoms with E-state index in [4.69, 9.17) is 4.42 Å². The molecule has 90 valence electrons. The van der Waals surface area contributed by atoms with Crippen LogP contribution in [0.2, 0.25) is 0 Å². The van der Waals surface area contributed by atoms with E-state index in [0.717, 1.165) is 4.88 Å². The van der Waals surface area contributed by atoms with E-state index in [1.54, 1.807) is 18.3 Å². The quantitative estimate of drug-likeness (QED) is 0.665. The van der Waals surface area contributed by atoms with Gasteiger partial charge in [-0.1, -0.05) is 22.0 Å². The molecule has 0 N–H and O–H groups in total. The van der Waals surface area contributed by atoms with Crippen molar-refractivity contribution >= 4 is 27.3 Å². The minimum atomic E-state index is -0.335. The molecule has 2 aromatic heterocycles. The molecule has 0 aliphatic carbocycles. The molecule has 0 amide bonds. The summed E-state index contributed by atoms with van der Waals surface area (Å²) < 4.78 is 20.0. The van der Waals surface area contributed by atoms with E-state index in [9.17, 15) is 4.39 Å². The lowest BCUT2D eigenvalue weighted by atomic mass is 10.2. The van der Waals surface area contributed by atoms with Gasteiger partial charge in [-0.15, -0.1) is 11.3 Å². The molecule has 0 fully saturated rings. The van der Waals surface area contributed by atoms with Gasteiger partial charge >= 0.3 is 0 Å². The summed E-state index contributed by atoms with van der Waals surface area (Å²) in [5.74, 6) is 0.615. The number of hydrogen-bond donors (Lipinski definition) is 0. The maximum atomic E-state index is 13.8. The third-order valence-electron chi connectivity index (χ3n) is 2.43. The van der Waals surface area contributed by atoms with E-state index in [2.05, 4.69) is 20.9 Å². The highest BCUT2D eigenvalue weighted by Crippen LogP contribution is 2.30. The molecule has 2 nitrogen and oxygen atoms in total. The third-order valence-corrected chi connectivity index (χ3v) is 3.79. The molecule has 0 saturated carbocycles. The second-order valence-electron chi connectivity index (χ2n) is 3.63. The zero-order valence-electron chi connectivity index (χ0n) is 9.06. The van der Waals surface area contributed by atoms with Crippen LogP contribution in [-0.2, 0) is 0 Å². The fourth-order valence-corrected chi connectivity index (χ4v) is 2.59. The summed E-state index contributed by atoms with van der Waals surface area (Å²) in [6.45, 7) is 0. The number of rotatable bonds is 2. The zero-order valence-corrected chi connectivity index (χ0v) is 11.5. The summed E-state index contributed by atoms with van der Waals surface area (Å²) in [4.78, 5) is 5.09. The zero-order chi connectivity index (χ0) is 12.5. The molecule has 0 spiro atoms. The first-order chi connectivity index (χ1) is 8.74. The van der Waals surface area contributed by atoms with Crippen molar-refractivity contribution in [1.29, 1.82) is 0 Å². The first-order valence-electron chi connectivity index (χ1n) is 5.19. The van der Waals surface area contributed by atoms with Crippen molar-refractivity contribution < 1.29 is 8.81 Å². The smallest absolute Gasteiger partial charge is 0.236 e. The Morgan fingerprint density at radius 3 is 2.89 bits per heavy atom.